The second-order valence-electron chi connectivity index (χ2n) is 4.48. The zero-order chi connectivity index (χ0) is 14.8. The number of aryl methyl sites for hydroxylation is 1. The van der Waals surface area contributed by atoms with Gasteiger partial charge in [-0.25, -0.2) is 4.98 Å². The van der Waals surface area contributed by atoms with E-state index in [1.54, 1.807) is 6.07 Å². The van der Waals surface area contributed by atoms with E-state index in [2.05, 4.69) is 22.0 Å². The number of halogens is 1. The molecule has 0 radical (unpaired) electrons. The van der Waals surface area contributed by atoms with Crippen LogP contribution in [0, 0.1) is 0 Å². The normalized spacial score (nSPS) is 11.0. The van der Waals surface area contributed by atoms with Gasteiger partial charge in [-0.15, -0.1) is 0 Å². The summed E-state index contributed by atoms with van der Waals surface area (Å²) in [4.78, 5) is 9.57. The number of thiazole rings is 1. The quantitative estimate of drug-likeness (QED) is 0.784. The number of nitrogens with zero attached hydrogens (tertiary/aromatic N) is 3. The SMILES string of the molecule is CCCc1nc(N)sc1-c1nc(-c2ccccc2Cl)no1. The number of aromatic nitrogens is 3. The molecule has 0 atom stereocenters. The van der Waals surface area contributed by atoms with Crippen LogP contribution in [0.4, 0.5) is 5.13 Å². The number of hydrogen-bond acceptors (Lipinski definition) is 6. The maximum Gasteiger partial charge on any atom is 0.270 e. The lowest BCUT2D eigenvalue weighted by atomic mass is 10.2. The van der Waals surface area contributed by atoms with Crippen molar-refractivity contribution in [2.75, 3.05) is 5.73 Å². The average molecular weight is 321 g/mol. The first-order valence-corrected chi connectivity index (χ1v) is 7.72. The van der Waals surface area contributed by atoms with Crippen LogP contribution < -0.4 is 5.73 Å². The fourth-order valence-electron chi connectivity index (χ4n) is 2.01. The highest BCUT2D eigenvalue weighted by Crippen LogP contribution is 2.33. The zero-order valence-electron chi connectivity index (χ0n) is 11.3. The largest absolute Gasteiger partial charge is 0.375 e. The molecule has 0 saturated heterocycles. The molecule has 5 nitrogen and oxygen atoms in total. The standard InChI is InChI=1S/C14H13ClN4OS/c1-2-5-10-11(21-14(16)17-10)13-18-12(19-20-13)8-6-3-4-7-9(8)15/h3-4,6-7H,2,5H2,1H3,(H2,16,17). The van der Waals surface area contributed by atoms with E-state index in [0.717, 1.165) is 29.0 Å². The van der Waals surface area contributed by atoms with Gasteiger partial charge in [-0.2, -0.15) is 4.98 Å². The van der Waals surface area contributed by atoms with Gasteiger partial charge < -0.3 is 10.3 Å². The maximum absolute atomic E-state index is 6.15. The Labute approximate surface area is 130 Å². The summed E-state index contributed by atoms with van der Waals surface area (Å²) in [5.74, 6) is 0.896. The van der Waals surface area contributed by atoms with Crippen LogP contribution in [0.25, 0.3) is 22.2 Å². The fourth-order valence-corrected chi connectivity index (χ4v) is 3.03. The first kappa shape index (κ1) is 14.0. The van der Waals surface area contributed by atoms with Gasteiger partial charge in [-0.3, -0.25) is 0 Å². The number of anilines is 1. The lowest BCUT2D eigenvalue weighted by molar-refractivity contribution is 0.432. The van der Waals surface area contributed by atoms with Crippen LogP contribution >= 0.6 is 22.9 Å². The van der Waals surface area contributed by atoms with Crippen molar-refractivity contribution in [2.24, 2.45) is 0 Å². The van der Waals surface area contributed by atoms with Crippen molar-refractivity contribution in [1.29, 1.82) is 0 Å². The van der Waals surface area contributed by atoms with Gasteiger partial charge in [0.15, 0.2) is 5.13 Å². The van der Waals surface area contributed by atoms with Gasteiger partial charge in [0.05, 0.1) is 10.7 Å². The van der Waals surface area contributed by atoms with Crippen LogP contribution in [-0.4, -0.2) is 15.1 Å². The molecule has 0 amide bonds. The molecule has 0 aliphatic rings. The highest BCUT2D eigenvalue weighted by Gasteiger charge is 2.19. The average Bonchev–Trinajstić information content (AvgIpc) is 3.06. The van der Waals surface area contributed by atoms with Crippen LogP contribution in [0.5, 0.6) is 0 Å². The monoisotopic (exact) mass is 320 g/mol. The Morgan fingerprint density at radius 2 is 2.10 bits per heavy atom. The van der Waals surface area contributed by atoms with Gasteiger partial charge in [-0.1, -0.05) is 53.6 Å². The van der Waals surface area contributed by atoms with Crippen LogP contribution in [0.3, 0.4) is 0 Å². The van der Waals surface area contributed by atoms with Crippen LogP contribution in [0.2, 0.25) is 5.02 Å². The zero-order valence-corrected chi connectivity index (χ0v) is 12.9. The maximum atomic E-state index is 6.15. The second-order valence-corrected chi connectivity index (χ2v) is 5.92. The van der Waals surface area contributed by atoms with E-state index in [0.29, 0.717) is 21.9 Å². The summed E-state index contributed by atoms with van der Waals surface area (Å²) in [6, 6.07) is 7.38. The molecule has 0 spiro atoms. The molecule has 2 heterocycles. The van der Waals surface area contributed by atoms with E-state index in [4.69, 9.17) is 21.9 Å². The van der Waals surface area contributed by atoms with Crippen molar-refractivity contribution in [3.8, 4) is 22.2 Å². The number of nitrogens with two attached hydrogens (primary N) is 1. The van der Waals surface area contributed by atoms with Crippen molar-refractivity contribution >= 4 is 28.1 Å². The smallest absolute Gasteiger partial charge is 0.270 e. The van der Waals surface area contributed by atoms with E-state index in [1.807, 2.05) is 18.2 Å². The molecule has 0 saturated carbocycles. The van der Waals surface area contributed by atoms with Crippen LogP contribution in [-0.2, 0) is 6.42 Å². The summed E-state index contributed by atoms with van der Waals surface area (Å²) in [7, 11) is 0. The van der Waals surface area contributed by atoms with E-state index >= 15 is 0 Å². The van der Waals surface area contributed by atoms with Crippen LogP contribution in [0.15, 0.2) is 28.8 Å². The summed E-state index contributed by atoms with van der Waals surface area (Å²) in [5, 5.41) is 5.09. The molecule has 3 aromatic rings. The first-order valence-electron chi connectivity index (χ1n) is 6.53. The Hall–Kier alpha value is -1.92. The third-order valence-corrected chi connectivity index (χ3v) is 4.18. The Balaban J connectivity index is 2.01. The minimum atomic E-state index is 0.433. The molecular weight excluding hydrogens is 308 g/mol. The molecule has 0 bridgehead atoms. The van der Waals surface area contributed by atoms with Gasteiger partial charge in [0.1, 0.15) is 4.88 Å². The Morgan fingerprint density at radius 3 is 2.86 bits per heavy atom. The topological polar surface area (TPSA) is 77.8 Å². The molecule has 108 valence electrons. The lowest BCUT2D eigenvalue weighted by Crippen LogP contribution is -1.88. The minimum absolute atomic E-state index is 0.433. The molecule has 0 aliphatic carbocycles. The summed E-state index contributed by atoms with van der Waals surface area (Å²) in [6.07, 6.45) is 1.80. The lowest BCUT2D eigenvalue weighted by Gasteiger charge is -1.96. The summed E-state index contributed by atoms with van der Waals surface area (Å²) >= 11 is 7.51. The molecule has 1 aromatic carbocycles. The molecule has 7 heteroatoms. The van der Waals surface area contributed by atoms with Crippen molar-refractivity contribution in [3.63, 3.8) is 0 Å². The Kier molecular flexibility index (Phi) is 3.90. The van der Waals surface area contributed by atoms with Crippen molar-refractivity contribution in [1.82, 2.24) is 15.1 Å². The van der Waals surface area contributed by atoms with Crippen molar-refractivity contribution in [3.05, 3.63) is 35.0 Å². The fraction of sp³-hybridized carbons (Fsp3) is 0.214. The molecule has 21 heavy (non-hydrogen) atoms. The van der Waals surface area contributed by atoms with E-state index in [1.165, 1.54) is 11.3 Å². The number of hydrogen-bond donors (Lipinski definition) is 1. The first-order chi connectivity index (χ1) is 10.2. The molecule has 0 aliphatic heterocycles. The van der Waals surface area contributed by atoms with Gasteiger partial charge in [0.2, 0.25) is 5.82 Å². The predicted molar refractivity (Wildman–Crippen MR) is 84.3 cm³/mol. The highest BCUT2D eigenvalue weighted by atomic mass is 35.5. The molecular formula is C14H13ClN4OS. The molecule has 2 aromatic heterocycles. The number of benzene rings is 1. The third-order valence-electron chi connectivity index (χ3n) is 2.94. The predicted octanol–water partition coefficient (Wildman–Crippen LogP) is 4.05. The van der Waals surface area contributed by atoms with E-state index in [9.17, 15) is 0 Å². The van der Waals surface area contributed by atoms with Gasteiger partial charge in [0.25, 0.3) is 5.89 Å². The molecule has 0 unspecified atom stereocenters. The Bertz CT molecular complexity index is 768. The van der Waals surface area contributed by atoms with E-state index < -0.39 is 0 Å². The van der Waals surface area contributed by atoms with Gasteiger partial charge in [0, 0.05) is 5.56 Å². The summed E-state index contributed by atoms with van der Waals surface area (Å²) in [5.41, 5.74) is 7.42. The third kappa shape index (κ3) is 2.77. The Morgan fingerprint density at radius 1 is 1.29 bits per heavy atom. The summed E-state index contributed by atoms with van der Waals surface area (Å²) < 4.78 is 5.36. The number of nitrogen functional groups attached to an aromatic ring is 1. The van der Waals surface area contributed by atoms with Crippen molar-refractivity contribution in [2.45, 2.75) is 19.8 Å². The molecule has 0 fully saturated rings. The highest BCUT2D eigenvalue weighted by molar-refractivity contribution is 7.18. The number of rotatable bonds is 4. The van der Waals surface area contributed by atoms with Gasteiger partial charge >= 0.3 is 0 Å². The van der Waals surface area contributed by atoms with Crippen molar-refractivity contribution < 1.29 is 4.52 Å². The summed E-state index contributed by atoms with van der Waals surface area (Å²) in [6.45, 7) is 2.09. The molecule has 3 rings (SSSR count). The minimum Gasteiger partial charge on any atom is -0.375 e. The van der Waals surface area contributed by atoms with E-state index in [-0.39, 0.29) is 0 Å². The second kappa shape index (κ2) is 5.83. The van der Waals surface area contributed by atoms with Gasteiger partial charge in [-0.05, 0) is 18.6 Å². The van der Waals surface area contributed by atoms with Crippen LogP contribution in [0.1, 0.15) is 19.0 Å². The molecule has 2 N–H and O–H groups in total.